The topological polar surface area (TPSA) is 270 Å². The van der Waals surface area contributed by atoms with E-state index in [1.54, 1.807) is 0 Å². The molecule has 5 aromatic carbocycles. The van der Waals surface area contributed by atoms with Crippen LogP contribution in [0.3, 0.4) is 0 Å². The number of halogens is 2. The van der Waals surface area contributed by atoms with Crippen LogP contribution < -0.4 is 27.0 Å². The zero-order valence-electron chi connectivity index (χ0n) is 95.6. The van der Waals surface area contributed by atoms with Gasteiger partial charge in [-0.2, -0.15) is 0 Å². The van der Waals surface area contributed by atoms with Crippen molar-refractivity contribution in [3.8, 4) is 0 Å². The maximum atomic E-state index is 13.8. The molecule has 9 atom stereocenters. The number of aliphatic carboxylic acids is 1. The van der Waals surface area contributed by atoms with Gasteiger partial charge in [-0.05, 0) is 356 Å². The molecule has 0 bridgehead atoms. The molecule has 20 nitrogen and oxygen atoms in total. The van der Waals surface area contributed by atoms with Crippen LogP contribution >= 0.6 is 24.0 Å². The number of likely N-dealkylation sites (tertiary alicyclic amines) is 3. The summed E-state index contributed by atoms with van der Waals surface area (Å²) in [6.45, 7) is 68.2. The minimum Gasteiger partial charge on any atom is -0.480 e. The van der Waals surface area contributed by atoms with Gasteiger partial charge in [0.1, 0.15) is 5.54 Å². The number of hydrogen-bond acceptors (Lipinski definition) is 16. The Morgan fingerprint density at radius 2 is 0.753 bits per heavy atom. The van der Waals surface area contributed by atoms with Gasteiger partial charge in [0.15, 0.2) is 0 Å². The van der Waals surface area contributed by atoms with Crippen molar-refractivity contribution in [2.75, 3.05) is 52.4 Å². The van der Waals surface area contributed by atoms with Gasteiger partial charge in [-0.3, -0.25) is 33.9 Å². The minimum atomic E-state index is -1.34. The van der Waals surface area contributed by atoms with Crippen molar-refractivity contribution >= 4 is 69.6 Å². The molecule has 10 N–H and O–H groups in total. The summed E-state index contributed by atoms with van der Waals surface area (Å²) in [5.74, 6) is 0.896. The van der Waals surface area contributed by atoms with Crippen LogP contribution in [-0.4, -0.2) is 177 Å². The first-order chi connectivity index (χ1) is 68.2. The van der Waals surface area contributed by atoms with Gasteiger partial charge in [0.2, 0.25) is 17.7 Å². The second kappa shape index (κ2) is 64.1. The van der Waals surface area contributed by atoms with Gasteiger partial charge in [0.25, 0.3) is 0 Å². The Labute approximate surface area is 900 Å². The molecule has 1 radical (unpaired) electrons. The molecule has 0 spiro atoms. The fourth-order valence-corrected chi connectivity index (χ4v) is 21.4. The number of aliphatic hydroxyl groups is 1. The number of unbranched alkanes of at least 4 members (excludes halogenated alkanes) is 2. The van der Waals surface area contributed by atoms with Crippen LogP contribution in [0.25, 0.3) is 0 Å². The maximum absolute atomic E-state index is 13.8. The highest BCUT2D eigenvalue weighted by molar-refractivity contribution is 6.45. The summed E-state index contributed by atoms with van der Waals surface area (Å²) < 4.78 is 22.8. The zero-order valence-corrected chi connectivity index (χ0v) is 97.1. The summed E-state index contributed by atoms with van der Waals surface area (Å²) in [5.41, 5.74) is 9.03. The molecule has 11 rings (SSSR count). The third-order valence-corrected chi connectivity index (χ3v) is 32.1. The SMILES string of the molecule is C=CCCC(C)(C(=O)NC(C)(C)C)C1CCN(C(CCC)c2ccccc2)CC1.C=CCCC(C)(C(=O)NC(C)(C)C)C1CCNCC1.CC1(C)O[B]OC1(C)C.CCCC(Cl)c1ccccc1.CCCC(O)c1ccccc1.CCCC(c1ccccc1)N1CCC(C(C)(CCCCB2OC(C)(C)C(C)(C)O2)C(=O)NC(C)(C)C)CC1.CCCC(c1ccccc1)N1CCC(C(N)(CCCCB(O)O)C(=O)O)CC1.Cl. The number of piperidine rings is 4. The van der Waals surface area contributed by atoms with Crippen molar-refractivity contribution in [1.82, 2.24) is 36.0 Å². The Hall–Kier alpha value is -6.25. The van der Waals surface area contributed by atoms with E-state index in [0.29, 0.717) is 55.1 Å². The molecule has 25 heteroatoms. The van der Waals surface area contributed by atoms with E-state index < -0.39 is 18.6 Å². The standard InChI is InChI=1S/C32H55BN2O3.C26H42N2O.C21H35BN2O4.C16H30N2O.C10H13Cl.C10H14O.C6H12BO2.ClH/c1-10-16-27(25-17-12-11-13-18-25)35-23-19-26(20-24-35)32(9,28(36)34-29(2,3)4)21-14-15-22-33-37-30(5,6)31(7,8)38-33;1-7-9-18-26(6,24(29)27-25(3,4)5)22-16-19-28(20-17-22)23(13-8-2)21-14-11-10-12-15-21;1-2-8-19(17-9-4-3-5-10-17)24-15-11-18(12-16-24)21(23,20(25)26)13-6-7-14-22(27)28;1-6-7-10-16(5,13-8-11-17-12-9-13)14(19)18-15(2,3)4;2*1-2-6-10(11)9-7-4-3-5-8-9;1-5(2)6(3,4)9-7-8-5;/h11-13,17-18,26-27H,10,14-16,19-24H2,1-9H3,(H,34,36);7,10-12,14-15,22-23H,1,8-9,13,16-20H2,2-6H3,(H,27,29);3-5,9-10,18-19,27-28H,2,6-8,11-16,23H2,1H3,(H,25,26);6,13,17H,1,7-12H2,2-5H3,(H,18,19);3-5,7-8,10H,2,6H2,1H3;3-5,7-8,10-11H,2,6H2,1H3;1-4H3;1H. The minimum absolute atomic E-state index is 0. The number of carbonyl (C=O) groups excluding carboxylic acids is 3. The lowest BCUT2D eigenvalue weighted by Gasteiger charge is -2.45. The smallest absolute Gasteiger partial charge is 0.480 e. The van der Waals surface area contributed by atoms with Crippen LogP contribution in [0.2, 0.25) is 12.6 Å². The Morgan fingerprint density at radius 1 is 0.452 bits per heavy atom. The Morgan fingerprint density at radius 3 is 1.05 bits per heavy atom. The van der Waals surface area contributed by atoms with Crippen molar-refractivity contribution < 1.29 is 58.1 Å². The second-order valence-corrected chi connectivity index (χ2v) is 48.4. The van der Waals surface area contributed by atoms with E-state index in [4.69, 9.17) is 46.0 Å². The van der Waals surface area contributed by atoms with E-state index in [-0.39, 0.29) is 116 Å². The van der Waals surface area contributed by atoms with Crippen molar-refractivity contribution in [3.63, 3.8) is 0 Å². The highest BCUT2D eigenvalue weighted by Crippen LogP contribution is 2.47. The number of carbonyl (C=O) groups is 4. The Balaban J connectivity index is 0.000000373. The molecule has 5 aromatic rings. The van der Waals surface area contributed by atoms with Crippen LogP contribution in [0.1, 0.15) is 410 Å². The van der Waals surface area contributed by atoms with E-state index in [1.807, 2.05) is 115 Å². The van der Waals surface area contributed by atoms with Crippen molar-refractivity contribution in [2.45, 2.75) is 440 Å². The first-order valence-electron chi connectivity index (χ1n) is 55.8. The van der Waals surface area contributed by atoms with Crippen LogP contribution in [-0.2, 0) is 37.8 Å². The summed E-state index contributed by atoms with van der Waals surface area (Å²) in [6.07, 6.45) is 31.7. The Kier molecular flexibility index (Phi) is 57.9. The van der Waals surface area contributed by atoms with E-state index in [0.717, 1.165) is 199 Å². The number of nitrogens with two attached hydrogens (primary N) is 1. The predicted molar refractivity (Wildman–Crippen MR) is 615 cm³/mol. The number of nitrogens with zero attached hydrogens (tertiary/aromatic N) is 3. The number of alkyl halides is 1. The van der Waals surface area contributed by atoms with Crippen molar-refractivity contribution in [3.05, 3.63) is 205 Å². The fraction of sp³-hybridized carbons (Fsp3) is 0.686. The lowest BCUT2D eigenvalue weighted by Crippen LogP contribution is -2.57. The van der Waals surface area contributed by atoms with Gasteiger partial charge in [-0.25, -0.2) is 0 Å². The molecule has 821 valence electrons. The number of amides is 3. The summed E-state index contributed by atoms with van der Waals surface area (Å²) in [5, 5.41) is 50.6. The van der Waals surface area contributed by atoms with Gasteiger partial charge in [-0.1, -0.05) is 277 Å². The average Bonchev–Trinajstić information content (AvgIpc) is 1.69. The van der Waals surface area contributed by atoms with Gasteiger partial charge >= 0.3 is 27.9 Å². The summed E-state index contributed by atoms with van der Waals surface area (Å²) in [6, 6.07) is 53.7. The molecule has 6 aliphatic heterocycles. The van der Waals surface area contributed by atoms with Gasteiger partial charge < -0.3 is 65.9 Å². The molecule has 6 aliphatic rings. The van der Waals surface area contributed by atoms with Gasteiger partial charge in [0.05, 0.1) is 33.9 Å². The van der Waals surface area contributed by atoms with Crippen LogP contribution in [0.5, 0.6) is 0 Å². The first-order valence-corrected chi connectivity index (χ1v) is 56.3. The largest absolute Gasteiger partial charge is 0.488 e. The number of rotatable bonds is 42. The Bertz CT molecular complexity index is 4350. The number of nitrogens with one attached hydrogen (secondary N) is 4. The molecule has 6 heterocycles. The monoisotopic (exact) mass is 2060 g/mol. The third-order valence-electron chi connectivity index (χ3n) is 31.7. The normalized spacial score (nSPS) is 19.9. The highest BCUT2D eigenvalue weighted by Gasteiger charge is 2.53. The molecule has 6 saturated heterocycles. The zero-order chi connectivity index (χ0) is 108. The highest BCUT2D eigenvalue weighted by atomic mass is 35.5. The third kappa shape index (κ3) is 43.4. The molecule has 3 amide bonds. The quantitative estimate of drug-likeness (QED) is 0.00760. The molecule has 6 fully saturated rings. The van der Waals surface area contributed by atoms with Gasteiger partial charge in [-0.15, -0.1) is 37.2 Å². The van der Waals surface area contributed by atoms with Crippen LogP contribution in [0.4, 0.5) is 0 Å². The van der Waals surface area contributed by atoms with Crippen molar-refractivity contribution in [2.24, 2.45) is 45.7 Å². The molecule has 146 heavy (non-hydrogen) atoms. The summed E-state index contributed by atoms with van der Waals surface area (Å²) in [7, 11) is -0.0832. The average molecular weight is 2060 g/mol. The molecule has 0 aromatic heterocycles. The van der Waals surface area contributed by atoms with E-state index >= 15 is 0 Å². The van der Waals surface area contributed by atoms with Crippen LogP contribution in [0, 0.1) is 39.9 Å². The maximum Gasteiger partial charge on any atom is 0.488 e. The second-order valence-electron chi connectivity index (χ2n) is 47.9. The fourth-order valence-electron chi connectivity index (χ4n) is 21.0. The predicted octanol–water partition coefficient (Wildman–Crippen LogP) is 26.9. The molecular weight excluding hydrogens is 1860 g/mol. The number of aliphatic hydroxyl groups excluding tert-OH is 1. The lowest BCUT2D eigenvalue weighted by molar-refractivity contribution is -0.147. The number of hydrogen-bond donors (Lipinski definition) is 9. The molecule has 0 aliphatic carbocycles. The number of allylic oxidation sites excluding steroid dienone is 2. The molecule has 0 saturated carbocycles. The van der Waals surface area contributed by atoms with Gasteiger partial charge in [0, 0.05) is 51.0 Å². The van der Waals surface area contributed by atoms with E-state index in [1.165, 1.54) is 55.6 Å². The lowest BCUT2D eigenvalue weighted by atomic mass is 9.67. The molecule has 9 unspecified atom stereocenters. The molecular formula is C121H202B3Cl2N8O12. The van der Waals surface area contributed by atoms with Crippen LogP contribution in [0.15, 0.2) is 177 Å². The van der Waals surface area contributed by atoms with E-state index in [9.17, 15) is 29.4 Å². The van der Waals surface area contributed by atoms with Crippen molar-refractivity contribution in [1.29, 1.82) is 0 Å². The number of carboxylic acids is 1. The van der Waals surface area contributed by atoms with E-state index in [2.05, 4.69) is 271 Å². The summed E-state index contributed by atoms with van der Waals surface area (Å²) >= 11 is 6.11. The number of benzene rings is 5. The first kappa shape index (κ1) is 132. The summed E-state index contributed by atoms with van der Waals surface area (Å²) in [4.78, 5) is 59.5. The number of carboxylic acid groups (broad SMARTS) is 1.